The molecule has 10 nitrogen and oxygen atoms in total. The fourth-order valence-electron chi connectivity index (χ4n) is 3.68. The number of fused-ring (bicyclic) bond motifs is 1. The average molecular weight is 573 g/mol. The Kier molecular flexibility index (Phi) is 9.88. The van der Waals surface area contributed by atoms with Crippen molar-refractivity contribution in [1.29, 1.82) is 0 Å². The zero-order chi connectivity index (χ0) is 28.8. The van der Waals surface area contributed by atoms with Crippen LogP contribution in [0.1, 0.15) is 19.8 Å². The Morgan fingerprint density at radius 1 is 1.00 bits per heavy atom. The van der Waals surface area contributed by atoms with Crippen molar-refractivity contribution in [2.24, 2.45) is 7.05 Å². The van der Waals surface area contributed by atoms with E-state index in [4.69, 9.17) is 14.2 Å². The number of benzene rings is 1. The van der Waals surface area contributed by atoms with E-state index in [0.717, 1.165) is 18.5 Å². The van der Waals surface area contributed by atoms with Crippen LogP contribution in [-0.2, 0) is 25.1 Å². The number of halogens is 3. The van der Waals surface area contributed by atoms with Gasteiger partial charge in [0.05, 0.1) is 0 Å². The molecule has 0 amide bonds. The number of rotatable bonds is 14. The van der Waals surface area contributed by atoms with E-state index in [1.807, 2.05) is 6.92 Å². The summed E-state index contributed by atoms with van der Waals surface area (Å²) in [5.74, 6) is -0.247. The Hall–Kier alpha value is -3.26. The summed E-state index contributed by atoms with van der Waals surface area (Å²) in [7, 11) is 0.187. The van der Waals surface area contributed by atoms with Gasteiger partial charge in [-0.3, -0.25) is 18.5 Å². The third-order valence-corrected chi connectivity index (χ3v) is 7.48. The van der Waals surface area contributed by atoms with E-state index >= 15 is 0 Å². The standard InChI is InChI=1S/C25H35F3N4O6Si/c1-6-7-11-31-22(33)20-21(30(2)24(31)34)29-23(32(20)17-35-14-15-39(3,4)5)37-13-12-36-18-9-8-10-19(16-18)38-25(26,27)28/h8-10,16H,6-7,11-15,17H2,1-5H3. The van der Waals surface area contributed by atoms with E-state index in [2.05, 4.69) is 29.4 Å². The molecule has 0 aliphatic carbocycles. The molecule has 0 aliphatic rings. The topological polar surface area (TPSA) is 98.7 Å². The summed E-state index contributed by atoms with van der Waals surface area (Å²) in [5, 5.41) is 0. The highest BCUT2D eigenvalue weighted by Gasteiger charge is 2.31. The second kappa shape index (κ2) is 12.7. The third kappa shape index (κ3) is 8.36. The van der Waals surface area contributed by atoms with Gasteiger partial charge in [0, 0.05) is 34.3 Å². The molecule has 0 unspecified atom stereocenters. The summed E-state index contributed by atoms with van der Waals surface area (Å²) in [6.45, 7) is 9.34. The van der Waals surface area contributed by atoms with Gasteiger partial charge in [-0.25, -0.2) is 4.79 Å². The van der Waals surface area contributed by atoms with Gasteiger partial charge in [0.2, 0.25) is 0 Å². The molecule has 0 fully saturated rings. The lowest BCUT2D eigenvalue weighted by Gasteiger charge is -2.16. The van der Waals surface area contributed by atoms with Crippen molar-refractivity contribution in [1.82, 2.24) is 18.7 Å². The van der Waals surface area contributed by atoms with Crippen molar-refractivity contribution in [2.45, 2.75) is 65.1 Å². The van der Waals surface area contributed by atoms with Gasteiger partial charge < -0.3 is 18.9 Å². The molecule has 39 heavy (non-hydrogen) atoms. The second-order valence-electron chi connectivity index (χ2n) is 10.2. The Morgan fingerprint density at radius 2 is 1.69 bits per heavy atom. The van der Waals surface area contributed by atoms with Crippen LogP contribution in [0.5, 0.6) is 17.5 Å². The molecule has 0 aliphatic heterocycles. The van der Waals surface area contributed by atoms with Crippen LogP contribution in [0.2, 0.25) is 25.7 Å². The Morgan fingerprint density at radius 3 is 2.36 bits per heavy atom. The highest BCUT2D eigenvalue weighted by Crippen LogP contribution is 2.26. The van der Waals surface area contributed by atoms with Gasteiger partial charge in [0.25, 0.3) is 5.56 Å². The lowest BCUT2D eigenvalue weighted by Crippen LogP contribution is -2.39. The average Bonchev–Trinajstić information content (AvgIpc) is 3.20. The fraction of sp³-hybridized carbons (Fsp3) is 0.560. The molecule has 0 atom stereocenters. The van der Waals surface area contributed by atoms with Crippen LogP contribution in [0.25, 0.3) is 11.2 Å². The molecule has 0 saturated carbocycles. The maximum atomic E-state index is 13.3. The minimum atomic E-state index is -4.81. The van der Waals surface area contributed by atoms with Crippen molar-refractivity contribution in [3.8, 4) is 17.5 Å². The largest absolute Gasteiger partial charge is 0.573 e. The van der Waals surface area contributed by atoms with Gasteiger partial charge in [-0.15, -0.1) is 13.2 Å². The third-order valence-electron chi connectivity index (χ3n) is 5.77. The van der Waals surface area contributed by atoms with E-state index in [1.165, 1.54) is 31.9 Å². The Bertz CT molecular complexity index is 1380. The summed E-state index contributed by atoms with van der Waals surface area (Å²) in [6, 6.07) is 6.12. The Balaban J connectivity index is 1.82. The molecule has 0 radical (unpaired) electrons. The van der Waals surface area contributed by atoms with E-state index in [0.29, 0.717) is 13.0 Å². The molecular formula is C25H35F3N4O6Si. The first-order valence-electron chi connectivity index (χ1n) is 12.7. The number of alkyl halides is 3. The fourth-order valence-corrected chi connectivity index (χ4v) is 4.44. The quantitative estimate of drug-likeness (QED) is 0.209. The number of hydrogen-bond acceptors (Lipinski definition) is 7. The first-order valence-corrected chi connectivity index (χ1v) is 16.4. The predicted octanol–water partition coefficient (Wildman–Crippen LogP) is 4.37. The van der Waals surface area contributed by atoms with Crippen LogP contribution in [0.15, 0.2) is 33.9 Å². The SMILES string of the molecule is CCCCn1c(=O)c2c(nc(OCCOc3cccc(OC(F)(F)F)c3)n2COCC[Si](C)(C)C)n(C)c1=O. The monoisotopic (exact) mass is 572 g/mol. The lowest BCUT2D eigenvalue weighted by molar-refractivity contribution is -0.274. The van der Waals surface area contributed by atoms with Gasteiger partial charge >= 0.3 is 18.1 Å². The number of aromatic nitrogens is 4. The van der Waals surface area contributed by atoms with Crippen LogP contribution in [0.3, 0.4) is 0 Å². The molecular weight excluding hydrogens is 537 g/mol. The molecule has 2 heterocycles. The van der Waals surface area contributed by atoms with Crippen LogP contribution < -0.4 is 25.5 Å². The van der Waals surface area contributed by atoms with Gasteiger partial charge in [-0.1, -0.05) is 39.1 Å². The van der Waals surface area contributed by atoms with Gasteiger partial charge in [-0.2, -0.15) is 4.98 Å². The maximum absolute atomic E-state index is 13.3. The van der Waals surface area contributed by atoms with Crippen molar-refractivity contribution in [2.75, 3.05) is 19.8 Å². The predicted molar refractivity (Wildman–Crippen MR) is 142 cm³/mol. The van der Waals surface area contributed by atoms with E-state index in [1.54, 1.807) is 7.05 Å². The minimum Gasteiger partial charge on any atom is -0.490 e. The smallest absolute Gasteiger partial charge is 0.490 e. The number of hydrogen-bond donors (Lipinski definition) is 0. The molecule has 216 valence electrons. The van der Waals surface area contributed by atoms with Gasteiger partial charge in [0.1, 0.15) is 31.4 Å². The molecule has 0 saturated heterocycles. The number of ether oxygens (including phenoxy) is 4. The maximum Gasteiger partial charge on any atom is 0.573 e. The Labute approximate surface area is 224 Å². The molecule has 1 aromatic carbocycles. The lowest BCUT2D eigenvalue weighted by atomic mass is 10.3. The van der Waals surface area contributed by atoms with Gasteiger partial charge in [0.15, 0.2) is 11.2 Å². The summed E-state index contributed by atoms with van der Waals surface area (Å²) >= 11 is 0. The van der Waals surface area contributed by atoms with Crippen LogP contribution in [0, 0.1) is 0 Å². The summed E-state index contributed by atoms with van der Waals surface area (Å²) < 4.78 is 62.5. The molecule has 0 spiro atoms. The number of imidazole rings is 1. The number of aryl methyl sites for hydroxylation is 1. The highest BCUT2D eigenvalue weighted by atomic mass is 28.3. The zero-order valence-corrected chi connectivity index (χ0v) is 23.8. The normalized spacial score (nSPS) is 12.2. The van der Waals surface area contributed by atoms with E-state index < -0.39 is 31.4 Å². The molecule has 3 rings (SSSR count). The van der Waals surface area contributed by atoms with Crippen molar-refractivity contribution in [3.63, 3.8) is 0 Å². The highest BCUT2D eigenvalue weighted by molar-refractivity contribution is 6.76. The summed E-state index contributed by atoms with van der Waals surface area (Å²) in [5.41, 5.74) is -0.592. The van der Waals surface area contributed by atoms with Crippen molar-refractivity contribution >= 4 is 19.2 Å². The van der Waals surface area contributed by atoms with Gasteiger partial charge in [-0.05, 0) is 24.6 Å². The van der Waals surface area contributed by atoms with Crippen molar-refractivity contribution in [3.05, 3.63) is 45.1 Å². The number of unbranched alkanes of at least 4 members (excludes halogenated alkanes) is 1. The van der Waals surface area contributed by atoms with Crippen molar-refractivity contribution < 1.29 is 32.1 Å². The van der Waals surface area contributed by atoms with E-state index in [9.17, 15) is 22.8 Å². The first kappa shape index (κ1) is 30.3. The number of nitrogens with zero attached hydrogens (tertiary/aromatic N) is 4. The van der Waals surface area contributed by atoms with Crippen LogP contribution >= 0.6 is 0 Å². The zero-order valence-electron chi connectivity index (χ0n) is 22.8. The molecule has 0 bridgehead atoms. The van der Waals surface area contributed by atoms with E-state index in [-0.39, 0.29) is 49.4 Å². The van der Waals surface area contributed by atoms with Crippen LogP contribution in [0.4, 0.5) is 13.2 Å². The second-order valence-corrected chi connectivity index (χ2v) is 15.8. The first-order chi connectivity index (χ1) is 18.3. The molecule has 2 aromatic heterocycles. The summed E-state index contributed by atoms with van der Waals surface area (Å²) in [4.78, 5) is 30.6. The molecule has 0 N–H and O–H groups in total. The molecule has 3 aromatic rings. The summed E-state index contributed by atoms with van der Waals surface area (Å²) in [6.07, 6.45) is -3.34. The minimum absolute atomic E-state index is 0.00474. The van der Waals surface area contributed by atoms with Crippen LogP contribution in [-0.4, -0.2) is 52.9 Å². The molecule has 14 heteroatoms.